The maximum atomic E-state index is 12.5. The van der Waals surface area contributed by atoms with Crippen LogP contribution in [0, 0.1) is 6.92 Å². The zero-order valence-electron chi connectivity index (χ0n) is 15.6. The molecule has 1 aliphatic rings. The van der Waals surface area contributed by atoms with Crippen molar-refractivity contribution in [3.63, 3.8) is 0 Å². The zero-order valence-corrected chi connectivity index (χ0v) is 16.4. The van der Waals surface area contributed by atoms with Gasteiger partial charge in [0, 0.05) is 17.0 Å². The van der Waals surface area contributed by atoms with E-state index < -0.39 is 0 Å². The van der Waals surface area contributed by atoms with E-state index >= 15 is 0 Å². The summed E-state index contributed by atoms with van der Waals surface area (Å²) < 4.78 is 0. The van der Waals surface area contributed by atoms with Crippen molar-refractivity contribution in [2.24, 2.45) is 0 Å². The van der Waals surface area contributed by atoms with Crippen LogP contribution in [0.4, 0.5) is 5.69 Å². The molecular weight excluding hydrogens is 370 g/mol. The number of hydrogen-bond donors (Lipinski definition) is 2. The van der Waals surface area contributed by atoms with Crippen LogP contribution in [0.3, 0.4) is 0 Å². The summed E-state index contributed by atoms with van der Waals surface area (Å²) in [4.78, 5) is 29.3. The maximum Gasteiger partial charge on any atom is 0.253 e. The fourth-order valence-corrected chi connectivity index (χ4v) is 3.57. The highest BCUT2D eigenvalue weighted by molar-refractivity contribution is 7.09. The second-order valence-electron chi connectivity index (χ2n) is 6.97. The van der Waals surface area contributed by atoms with E-state index in [9.17, 15) is 9.59 Å². The molecule has 28 heavy (non-hydrogen) atoms. The van der Waals surface area contributed by atoms with Crippen LogP contribution in [0.2, 0.25) is 0 Å². The van der Waals surface area contributed by atoms with Crippen LogP contribution >= 0.6 is 11.3 Å². The average Bonchev–Trinajstić information content (AvgIpc) is 3.40. The number of aryl methyl sites for hydroxylation is 1. The Morgan fingerprint density at radius 3 is 2.54 bits per heavy atom. The molecule has 2 N–H and O–H groups in total. The SMILES string of the molecule is Cc1nc(-c2ccc(CC(=O)Nc3ccccc3C(=O)NC3CC3)cc2)cs1. The molecule has 0 radical (unpaired) electrons. The first-order valence-corrected chi connectivity index (χ1v) is 10.2. The third-order valence-electron chi connectivity index (χ3n) is 4.59. The van der Waals surface area contributed by atoms with Crippen molar-refractivity contribution in [3.8, 4) is 11.3 Å². The van der Waals surface area contributed by atoms with Gasteiger partial charge < -0.3 is 10.6 Å². The molecule has 2 aromatic carbocycles. The number of aromatic nitrogens is 1. The molecule has 0 atom stereocenters. The first-order chi connectivity index (χ1) is 13.6. The molecule has 5 nitrogen and oxygen atoms in total. The zero-order chi connectivity index (χ0) is 19.5. The minimum absolute atomic E-state index is 0.138. The van der Waals surface area contributed by atoms with Gasteiger partial charge in [-0.15, -0.1) is 11.3 Å². The number of thiazole rings is 1. The normalized spacial score (nSPS) is 13.2. The van der Waals surface area contributed by atoms with E-state index in [-0.39, 0.29) is 24.3 Å². The molecule has 0 spiro atoms. The highest BCUT2D eigenvalue weighted by Crippen LogP contribution is 2.23. The number of benzene rings is 2. The molecule has 0 unspecified atom stereocenters. The minimum atomic E-state index is -0.149. The lowest BCUT2D eigenvalue weighted by Gasteiger charge is -2.11. The summed E-state index contributed by atoms with van der Waals surface area (Å²) in [5.74, 6) is -0.287. The van der Waals surface area contributed by atoms with Crippen molar-refractivity contribution in [1.82, 2.24) is 10.3 Å². The third kappa shape index (κ3) is 4.46. The van der Waals surface area contributed by atoms with Gasteiger partial charge in [0.2, 0.25) is 5.91 Å². The van der Waals surface area contributed by atoms with E-state index in [0.29, 0.717) is 11.3 Å². The number of hydrogen-bond acceptors (Lipinski definition) is 4. The summed E-state index contributed by atoms with van der Waals surface area (Å²) in [6.07, 6.45) is 2.29. The molecule has 2 amide bonds. The van der Waals surface area contributed by atoms with Crippen LogP contribution in [0.25, 0.3) is 11.3 Å². The average molecular weight is 391 g/mol. The van der Waals surface area contributed by atoms with E-state index in [4.69, 9.17) is 0 Å². The fourth-order valence-electron chi connectivity index (χ4n) is 2.95. The molecule has 3 aromatic rings. The molecule has 1 heterocycles. The number of rotatable bonds is 6. The van der Waals surface area contributed by atoms with Gasteiger partial charge in [-0.1, -0.05) is 36.4 Å². The van der Waals surface area contributed by atoms with E-state index in [0.717, 1.165) is 34.7 Å². The number of nitrogens with zero attached hydrogens (tertiary/aromatic N) is 1. The van der Waals surface area contributed by atoms with Gasteiger partial charge in [-0.2, -0.15) is 0 Å². The van der Waals surface area contributed by atoms with Crippen molar-refractivity contribution < 1.29 is 9.59 Å². The Morgan fingerprint density at radius 1 is 1.11 bits per heavy atom. The monoisotopic (exact) mass is 391 g/mol. The summed E-state index contributed by atoms with van der Waals surface area (Å²) in [6, 6.07) is 15.2. The van der Waals surface area contributed by atoms with Crippen LogP contribution in [0.1, 0.15) is 33.8 Å². The van der Waals surface area contributed by atoms with Gasteiger partial charge in [0.15, 0.2) is 0 Å². The summed E-state index contributed by atoms with van der Waals surface area (Å²) in [5.41, 5.74) is 3.94. The molecule has 1 fully saturated rings. The lowest BCUT2D eigenvalue weighted by molar-refractivity contribution is -0.115. The largest absolute Gasteiger partial charge is 0.349 e. The second-order valence-corrected chi connectivity index (χ2v) is 8.03. The molecule has 0 bridgehead atoms. The standard InChI is InChI=1S/C22H21N3O2S/c1-14-23-20(13-28-14)16-8-6-15(7-9-16)12-21(26)25-19-5-3-2-4-18(19)22(27)24-17-10-11-17/h2-9,13,17H,10-12H2,1H3,(H,24,27)(H,25,26). The van der Waals surface area contributed by atoms with Crippen LogP contribution in [-0.2, 0) is 11.2 Å². The van der Waals surface area contributed by atoms with Crippen molar-refractivity contribution in [1.29, 1.82) is 0 Å². The molecule has 1 saturated carbocycles. The van der Waals surface area contributed by atoms with Crippen LogP contribution in [0.5, 0.6) is 0 Å². The highest BCUT2D eigenvalue weighted by atomic mass is 32.1. The second kappa shape index (κ2) is 7.94. The Balaban J connectivity index is 1.41. The predicted octanol–water partition coefficient (Wildman–Crippen LogP) is 4.19. The number of carbonyl (C=O) groups is 2. The van der Waals surface area contributed by atoms with E-state index in [1.165, 1.54) is 0 Å². The molecule has 0 aliphatic heterocycles. The Hall–Kier alpha value is -2.99. The first-order valence-electron chi connectivity index (χ1n) is 9.29. The van der Waals surface area contributed by atoms with E-state index in [1.807, 2.05) is 42.6 Å². The third-order valence-corrected chi connectivity index (χ3v) is 5.37. The van der Waals surface area contributed by atoms with Crippen molar-refractivity contribution in [3.05, 3.63) is 70.0 Å². The Kier molecular flexibility index (Phi) is 5.21. The molecular formula is C22H21N3O2S. The topological polar surface area (TPSA) is 71.1 Å². The van der Waals surface area contributed by atoms with Crippen molar-refractivity contribution in [2.45, 2.75) is 32.2 Å². The number of amides is 2. The molecule has 1 aliphatic carbocycles. The lowest BCUT2D eigenvalue weighted by atomic mass is 10.1. The molecule has 142 valence electrons. The Bertz CT molecular complexity index is 1010. The van der Waals surface area contributed by atoms with Crippen LogP contribution < -0.4 is 10.6 Å². The Labute approximate surface area is 167 Å². The number of carbonyl (C=O) groups excluding carboxylic acids is 2. The predicted molar refractivity (Wildman–Crippen MR) is 112 cm³/mol. The summed E-state index contributed by atoms with van der Waals surface area (Å²) in [7, 11) is 0. The quantitative estimate of drug-likeness (QED) is 0.662. The van der Waals surface area contributed by atoms with Gasteiger partial charge in [-0.25, -0.2) is 4.98 Å². The Morgan fingerprint density at radius 2 is 1.86 bits per heavy atom. The number of nitrogens with one attached hydrogen (secondary N) is 2. The van der Waals surface area contributed by atoms with Gasteiger partial charge in [-0.05, 0) is 37.5 Å². The number of anilines is 1. The minimum Gasteiger partial charge on any atom is -0.349 e. The van der Waals surface area contributed by atoms with Gasteiger partial charge in [-0.3, -0.25) is 9.59 Å². The maximum absolute atomic E-state index is 12.5. The molecule has 4 rings (SSSR count). The van der Waals surface area contributed by atoms with Crippen LogP contribution in [-0.4, -0.2) is 22.8 Å². The van der Waals surface area contributed by atoms with E-state index in [2.05, 4.69) is 15.6 Å². The number of para-hydroxylation sites is 1. The smallest absolute Gasteiger partial charge is 0.253 e. The molecule has 6 heteroatoms. The lowest BCUT2D eigenvalue weighted by Crippen LogP contribution is -2.27. The van der Waals surface area contributed by atoms with E-state index in [1.54, 1.807) is 29.5 Å². The molecule has 0 saturated heterocycles. The summed E-state index contributed by atoms with van der Waals surface area (Å²) >= 11 is 1.62. The summed E-state index contributed by atoms with van der Waals surface area (Å²) in [6.45, 7) is 1.98. The van der Waals surface area contributed by atoms with Crippen molar-refractivity contribution >= 4 is 28.8 Å². The van der Waals surface area contributed by atoms with Crippen LogP contribution in [0.15, 0.2) is 53.9 Å². The van der Waals surface area contributed by atoms with Gasteiger partial charge in [0.05, 0.1) is 28.4 Å². The first kappa shape index (κ1) is 18.4. The van der Waals surface area contributed by atoms with Crippen molar-refractivity contribution in [2.75, 3.05) is 5.32 Å². The van der Waals surface area contributed by atoms with Gasteiger partial charge in [0.25, 0.3) is 5.91 Å². The highest BCUT2D eigenvalue weighted by Gasteiger charge is 2.25. The summed E-state index contributed by atoms with van der Waals surface area (Å²) in [5, 5.41) is 8.89. The van der Waals surface area contributed by atoms with Gasteiger partial charge >= 0.3 is 0 Å². The van der Waals surface area contributed by atoms with Gasteiger partial charge in [0.1, 0.15) is 0 Å². The molecule has 1 aromatic heterocycles. The fraction of sp³-hybridized carbons (Fsp3) is 0.227.